The number of para-hydroxylation sites is 1. The Morgan fingerprint density at radius 2 is 1.60 bits per heavy atom. The van der Waals surface area contributed by atoms with Gasteiger partial charge in [0.15, 0.2) is 0 Å². The third kappa shape index (κ3) is 2.49. The highest BCUT2D eigenvalue weighted by atomic mass is 32.2. The molecule has 7 rings (SSSR count). The van der Waals surface area contributed by atoms with Gasteiger partial charge in [-0.2, -0.15) is 17.6 Å². The van der Waals surface area contributed by atoms with Gasteiger partial charge in [-0.25, -0.2) is 0 Å². The maximum Gasteiger partial charge on any atom is 0.285 e. The number of pyridine rings is 1. The Hall–Kier alpha value is -2.21. The van der Waals surface area contributed by atoms with Gasteiger partial charge in [-0.3, -0.25) is 4.98 Å². The molecule has 0 atom stereocenters. The maximum atomic E-state index is 13.7. The Kier molecular flexibility index (Phi) is 3.81. The summed E-state index contributed by atoms with van der Waals surface area (Å²) in [6, 6.07) is 9.04. The van der Waals surface area contributed by atoms with Gasteiger partial charge < -0.3 is 0 Å². The number of hydrogen-bond donors (Lipinski definition) is 0. The first-order valence-electron chi connectivity index (χ1n) is 11.0. The van der Waals surface area contributed by atoms with Crippen molar-refractivity contribution >= 4 is 20.9 Å². The van der Waals surface area contributed by atoms with Gasteiger partial charge in [0.1, 0.15) is 4.90 Å². The lowest BCUT2D eigenvalue weighted by atomic mass is 9.48. The van der Waals surface area contributed by atoms with Crippen molar-refractivity contribution in [3.8, 4) is 0 Å². The molecule has 4 aliphatic carbocycles. The van der Waals surface area contributed by atoms with E-state index >= 15 is 0 Å². The van der Waals surface area contributed by atoms with Crippen molar-refractivity contribution < 1.29 is 8.42 Å². The summed E-state index contributed by atoms with van der Waals surface area (Å²) in [5.41, 5.74) is 3.50. The summed E-state index contributed by atoms with van der Waals surface area (Å²) in [4.78, 5) is 4.59. The van der Waals surface area contributed by atoms with Crippen LogP contribution in [0, 0.1) is 31.6 Å². The van der Waals surface area contributed by atoms with E-state index in [-0.39, 0.29) is 10.3 Å². The number of aromatic nitrogens is 3. The number of fused-ring (bicyclic) bond motifs is 1. The van der Waals surface area contributed by atoms with Crippen LogP contribution < -0.4 is 0 Å². The highest BCUT2D eigenvalue weighted by Crippen LogP contribution is 2.61. The van der Waals surface area contributed by atoms with E-state index in [1.165, 1.54) is 48.2 Å². The van der Waals surface area contributed by atoms with Crippen molar-refractivity contribution in [3.05, 3.63) is 53.5 Å². The lowest BCUT2D eigenvalue weighted by Crippen LogP contribution is -2.49. The molecule has 4 bridgehead atoms. The zero-order valence-electron chi connectivity index (χ0n) is 17.5. The Bertz CT molecular complexity index is 1230. The summed E-state index contributed by atoms with van der Waals surface area (Å²) in [5, 5.41) is 5.44. The van der Waals surface area contributed by atoms with Crippen LogP contribution in [-0.2, 0) is 15.4 Å². The second-order valence-electron chi connectivity index (χ2n) is 9.92. The summed E-state index contributed by atoms with van der Waals surface area (Å²) in [6.45, 7) is 3.94. The minimum atomic E-state index is -3.83. The molecule has 6 heteroatoms. The molecule has 3 aromatic rings. The second-order valence-corrected chi connectivity index (χ2v) is 11.7. The molecule has 1 aromatic carbocycles. The van der Waals surface area contributed by atoms with E-state index in [0.29, 0.717) is 5.52 Å². The third-order valence-corrected chi connectivity index (χ3v) is 9.62. The Labute approximate surface area is 177 Å². The quantitative estimate of drug-likeness (QED) is 0.612. The van der Waals surface area contributed by atoms with Crippen molar-refractivity contribution in [2.75, 3.05) is 0 Å². The maximum absolute atomic E-state index is 13.7. The van der Waals surface area contributed by atoms with E-state index in [1.807, 2.05) is 32.0 Å². The number of nitrogens with zero attached hydrogens (tertiary/aromatic N) is 3. The van der Waals surface area contributed by atoms with Crippen LogP contribution >= 0.6 is 0 Å². The number of benzene rings is 1. The third-order valence-electron chi connectivity index (χ3n) is 7.92. The van der Waals surface area contributed by atoms with E-state index in [4.69, 9.17) is 0 Å². The zero-order valence-corrected chi connectivity index (χ0v) is 18.3. The fraction of sp³-hybridized carbons (Fsp3) is 0.500. The molecule has 0 spiro atoms. The van der Waals surface area contributed by atoms with Gasteiger partial charge in [-0.1, -0.05) is 18.2 Å². The summed E-state index contributed by atoms with van der Waals surface area (Å²) >= 11 is 0. The van der Waals surface area contributed by atoms with Crippen LogP contribution in [0.3, 0.4) is 0 Å². The molecule has 156 valence electrons. The molecule has 0 unspecified atom stereocenters. The SMILES string of the molecule is Cc1nn(S(=O)(=O)c2cccc3cccnc23)c(C)c1C12CC3CC(CC(C3)C1)C2. The molecule has 0 saturated heterocycles. The predicted octanol–water partition coefficient (Wildman–Crippen LogP) is 4.75. The Morgan fingerprint density at radius 3 is 2.27 bits per heavy atom. The summed E-state index contributed by atoms with van der Waals surface area (Å²) in [7, 11) is -3.83. The smallest absolute Gasteiger partial charge is 0.255 e. The number of aryl methyl sites for hydroxylation is 1. The molecule has 2 aromatic heterocycles. The zero-order chi connectivity index (χ0) is 20.7. The molecular weight excluding hydrogens is 394 g/mol. The van der Waals surface area contributed by atoms with Gasteiger partial charge in [-0.05, 0) is 87.7 Å². The number of hydrogen-bond acceptors (Lipinski definition) is 4. The van der Waals surface area contributed by atoms with E-state index in [0.717, 1.165) is 34.5 Å². The normalized spacial score (nSPS) is 30.3. The summed E-state index contributed by atoms with van der Waals surface area (Å²) < 4.78 is 28.7. The second kappa shape index (κ2) is 6.16. The van der Waals surface area contributed by atoms with Gasteiger partial charge in [-0.15, -0.1) is 0 Å². The molecule has 0 N–H and O–H groups in total. The predicted molar refractivity (Wildman–Crippen MR) is 116 cm³/mol. The fourth-order valence-electron chi connectivity index (χ4n) is 7.41. The van der Waals surface area contributed by atoms with Crippen LogP contribution in [0.2, 0.25) is 0 Å². The van der Waals surface area contributed by atoms with Crippen molar-refractivity contribution in [1.29, 1.82) is 0 Å². The van der Waals surface area contributed by atoms with Crippen LogP contribution in [-0.4, -0.2) is 22.6 Å². The van der Waals surface area contributed by atoms with Gasteiger partial charge in [0.25, 0.3) is 10.0 Å². The van der Waals surface area contributed by atoms with Crippen LogP contribution in [0.1, 0.15) is 55.5 Å². The lowest BCUT2D eigenvalue weighted by Gasteiger charge is -2.57. The van der Waals surface area contributed by atoms with E-state index in [9.17, 15) is 8.42 Å². The highest BCUT2D eigenvalue weighted by molar-refractivity contribution is 7.90. The minimum absolute atomic E-state index is 0.119. The molecule has 4 fully saturated rings. The molecule has 0 amide bonds. The van der Waals surface area contributed by atoms with Gasteiger partial charge >= 0.3 is 0 Å². The molecule has 4 aliphatic rings. The van der Waals surface area contributed by atoms with Crippen molar-refractivity contribution in [2.24, 2.45) is 17.8 Å². The van der Waals surface area contributed by atoms with E-state index < -0.39 is 10.0 Å². The van der Waals surface area contributed by atoms with Gasteiger partial charge in [0.05, 0.1) is 16.9 Å². The first kappa shape index (κ1) is 18.6. The Balaban J connectivity index is 1.51. The average Bonchev–Trinajstić information content (AvgIpc) is 3.02. The molecule has 2 heterocycles. The first-order valence-corrected chi connectivity index (χ1v) is 12.5. The summed E-state index contributed by atoms with van der Waals surface area (Å²) in [5.74, 6) is 2.41. The summed E-state index contributed by atoms with van der Waals surface area (Å²) in [6.07, 6.45) is 9.33. The van der Waals surface area contributed by atoms with Crippen molar-refractivity contribution in [3.63, 3.8) is 0 Å². The van der Waals surface area contributed by atoms with Gasteiger partial charge in [0.2, 0.25) is 0 Å². The largest absolute Gasteiger partial charge is 0.285 e. The monoisotopic (exact) mass is 421 g/mol. The first-order chi connectivity index (χ1) is 14.4. The van der Waals surface area contributed by atoms with Crippen molar-refractivity contribution in [1.82, 2.24) is 14.2 Å². The topological polar surface area (TPSA) is 64.8 Å². The van der Waals surface area contributed by atoms with E-state index in [2.05, 4.69) is 10.1 Å². The fourth-order valence-corrected chi connectivity index (χ4v) is 8.95. The molecule has 30 heavy (non-hydrogen) atoms. The molecule has 4 saturated carbocycles. The average molecular weight is 422 g/mol. The molecule has 5 nitrogen and oxygen atoms in total. The van der Waals surface area contributed by atoms with Crippen LogP contribution in [0.5, 0.6) is 0 Å². The highest BCUT2D eigenvalue weighted by Gasteiger charge is 2.53. The van der Waals surface area contributed by atoms with E-state index in [1.54, 1.807) is 18.3 Å². The van der Waals surface area contributed by atoms with Crippen LogP contribution in [0.4, 0.5) is 0 Å². The van der Waals surface area contributed by atoms with Gasteiger partial charge in [0, 0.05) is 17.1 Å². The molecular formula is C24H27N3O2S. The number of rotatable bonds is 3. The standard InChI is InChI=1S/C24H27N3O2S/c1-15-22(24-12-17-9-18(13-24)11-19(10-17)14-24)16(2)27(26-15)30(28,29)21-7-3-5-20-6-4-8-25-23(20)21/h3-8,17-19H,9-14H2,1-2H3. The molecule has 0 aliphatic heterocycles. The Morgan fingerprint density at radius 1 is 0.967 bits per heavy atom. The van der Waals surface area contributed by atoms with Crippen LogP contribution in [0.15, 0.2) is 41.4 Å². The lowest BCUT2D eigenvalue weighted by molar-refractivity contribution is -0.00574. The minimum Gasteiger partial charge on any atom is -0.255 e. The molecule has 0 radical (unpaired) electrons. The van der Waals surface area contributed by atoms with Crippen LogP contribution in [0.25, 0.3) is 10.9 Å². The van der Waals surface area contributed by atoms with Crippen molar-refractivity contribution in [2.45, 2.75) is 62.7 Å².